The molecule has 0 fully saturated rings. The average Bonchev–Trinajstić information content (AvgIpc) is 3.10. The van der Waals surface area contributed by atoms with Crippen LogP contribution in [0.4, 0.5) is 0 Å². The van der Waals surface area contributed by atoms with E-state index in [-0.39, 0.29) is 5.97 Å². The molecule has 0 amide bonds. The molecule has 1 aliphatic rings. The highest BCUT2D eigenvalue weighted by atomic mass is 16.5. The van der Waals surface area contributed by atoms with E-state index in [2.05, 4.69) is 34.3 Å². The number of carbonyl (C=O) groups excluding carboxylic acids is 1. The molecule has 0 bridgehead atoms. The van der Waals surface area contributed by atoms with E-state index in [4.69, 9.17) is 4.42 Å². The van der Waals surface area contributed by atoms with E-state index in [0.29, 0.717) is 18.2 Å². The maximum Gasteiger partial charge on any atom is 0.341 e. The molecule has 0 saturated carbocycles. The Morgan fingerprint density at radius 2 is 2.05 bits per heavy atom. The number of fused-ring (bicyclic) bond motifs is 1. The van der Waals surface area contributed by atoms with Gasteiger partial charge in [0.15, 0.2) is 0 Å². The normalized spacial score (nSPS) is 14.2. The Morgan fingerprint density at radius 3 is 2.70 bits per heavy atom. The Balaban J connectivity index is 1.56. The zero-order valence-corrected chi connectivity index (χ0v) is 11.4. The summed E-state index contributed by atoms with van der Waals surface area (Å²) in [5.41, 5.74) is 3.29. The Morgan fingerprint density at radius 1 is 1.35 bits per heavy atom. The predicted molar refractivity (Wildman–Crippen MR) is 74.5 cm³/mol. The van der Waals surface area contributed by atoms with Crippen LogP contribution in [0.5, 0.6) is 0 Å². The van der Waals surface area contributed by atoms with Crippen LogP contribution >= 0.6 is 0 Å². The Labute approximate surface area is 117 Å². The molecule has 20 heavy (non-hydrogen) atoms. The molecule has 4 heteroatoms. The fourth-order valence-electron chi connectivity index (χ4n) is 2.65. The molecule has 3 rings (SSSR count). The Hall–Kier alpha value is -2.07. The van der Waals surface area contributed by atoms with Gasteiger partial charge in [-0.05, 0) is 30.0 Å². The van der Waals surface area contributed by atoms with E-state index in [1.165, 1.54) is 24.5 Å². The van der Waals surface area contributed by atoms with Gasteiger partial charge in [0.05, 0.1) is 19.2 Å². The summed E-state index contributed by atoms with van der Waals surface area (Å²) in [5, 5.41) is 3.47. The Bertz CT molecular complexity index is 593. The molecule has 0 saturated heterocycles. The van der Waals surface area contributed by atoms with E-state index >= 15 is 0 Å². The number of benzene rings is 1. The zero-order valence-electron chi connectivity index (χ0n) is 11.4. The van der Waals surface area contributed by atoms with Crippen molar-refractivity contribution in [1.29, 1.82) is 0 Å². The number of furan rings is 1. The molecule has 0 atom stereocenters. The number of rotatable bonds is 4. The summed E-state index contributed by atoms with van der Waals surface area (Å²) in [6.07, 6.45) is 3.52. The standard InChI is InChI=1S/C16H17NO3/c1-19-16(18)13-8-15(20-10-13)9-17-14-6-11-4-2-3-5-12(11)7-14/h2-5,8,10,14,17H,6-7,9H2,1H3. The summed E-state index contributed by atoms with van der Waals surface area (Å²) in [6, 6.07) is 10.7. The van der Waals surface area contributed by atoms with Crippen molar-refractivity contribution in [1.82, 2.24) is 5.32 Å². The molecule has 0 spiro atoms. The van der Waals surface area contributed by atoms with Crippen LogP contribution in [0.15, 0.2) is 41.0 Å². The molecular weight excluding hydrogens is 254 g/mol. The lowest BCUT2D eigenvalue weighted by Crippen LogP contribution is -2.28. The minimum Gasteiger partial charge on any atom is -0.467 e. The summed E-state index contributed by atoms with van der Waals surface area (Å²) in [4.78, 5) is 11.3. The van der Waals surface area contributed by atoms with E-state index in [9.17, 15) is 4.79 Å². The average molecular weight is 271 g/mol. The van der Waals surface area contributed by atoms with Gasteiger partial charge in [-0.15, -0.1) is 0 Å². The molecule has 1 aromatic heterocycles. The van der Waals surface area contributed by atoms with Gasteiger partial charge in [0, 0.05) is 6.04 Å². The van der Waals surface area contributed by atoms with Crippen molar-refractivity contribution < 1.29 is 13.9 Å². The molecule has 0 unspecified atom stereocenters. The summed E-state index contributed by atoms with van der Waals surface area (Å²) in [6.45, 7) is 0.621. The number of carbonyl (C=O) groups is 1. The minimum absolute atomic E-state index is 0.367. The molecule has 1 aliphatic carbocycles. The first-order valence-electron chi connectivity index (χ1n) is 6.72. The van der Waals surface area contributed by atoms with Crippen LogP contribution in [0.1, 0.15) is 27.2 Å². The van der Waals surface area contributed by atoms with Crippen molar-refractivity contribution in [2.45, 2.75) is 25.4 Å². The van der Waals surface area contributed by atoms with Crippen LogP contribution in [0.25, 0.3) is 0 Å². The molecular formula is C16H17NO3. The molecule has 1 aromatic carbocycles. The van der Waals surface area contributed by atoms with E-state index in [1.807, 2.05) is 0 Å². The molecule has 1 N–H and O–H groups in total. The van der Waals surface area contributed by atoms with E-state index < -0.39 is 0 Å². The third-order valence-electron chi connectivity index (χ3n) is 3.69. The van der Waals surface area contributed by atoms with Crippen LogP contribution < -0.4 is 5.32 Å². The van der Waals surface area contributed by atoms with Gasteiger partial charge in [0.1, 0.15) is 12.0 Å². The lowest BCUT2D eigenvalue weighted by Gasteiger charge is -2.09. The summed E-state index contributed by atoms with van der Waals surface area (Å²) in [7, 11) is 1.36. The molecule has 1 heterocycles. The largest absolute Gasteiger partial charge is 0.467 e. The molecule has 4 nitrogen and oxygen atoms in total. The highest BCUT2D eigenvalue weighted by molar-refractivity contribution is 5.88. The highest BCUT2D eigenvalue weighted by Crippen LogP contribution is 2.22. The van der Waals surface area contributed by atoms with Crippen molar-refractivity contribution in [3.8, 4) is 0 Å². The molecule has 0 radical (unpaired) electrons. The summed E-state index contributed by atoms with van der Waals surface area (Å²) in [5.74, 6) is 0.384. The SMILES string of the molecule is COC(=O)c1coc(CNC2Cc3ccccc3C2)c1. The Kier molecular flexibility index (Phi) is 3.56. The fraction of sp³-hybridized carbons (Fsp3) is 0.312. The topological polar surface area (TPSA) is 51.5 Å². The van der Waals surface area contributed by atoms with Gasteiger partial charge in [0.2, 0.25) is 0 Å². The van der Waals surface area contributed by atoms with Crippen LogP contribution in [0, 0.1) is 0 Å². The lowest BCUT2D eigenvalue weighted by molar-refractivity contribution is 0.0600. The number of esters is 1. The predicted octanol–water partition coefficient (Wildman–Crippen LogP) is 2.32. The molecule has 2 aromatic rings. The third-order valence-corrected chi connectivity index (χ3v) is 3.69. The smallest absolute Gasteiger partial charge is 0.341 e. The van der Waals surface area contributed by atoms with E-state index in [1.54, 1.807) is 6.07 Å². The molecule has 104 valence electrons. The quantitative estimate of drug-likeness (QED) is 0.867. The van der Waals surface area contributed by atoms with Gasteiger partial charge in [-0.1, -0.05) is 24.3 Å². The second-order valence-electron chi connectivity index (χ2n) is 5.05. The number of hydrogen-bond donors (Lipinski definition) is 1. The summed E-state index contributed by atoms with van der Waals surface area (Å²) < 4.78 is 10.0. The van der Waals surface area contributed by atoms with Gasteiger partial charge in [-0.2, -0.15) is 0 Å². The second kappa shape index (κ2) is 5.51. The van der Waals surface area contributed by atoms with Crippen LogP contribution in [-0.4, -0.2) is 19.1 Å². The van der Waals surface area contributed by atoms with Gasteiger partial charge in [-0.25, -0.2) is 4.79 Å². The van der Waals surface area contributed by atoms with Crippen molar-refractivity contribution in [2.24, 2.45) is 0 Å². The first-order chi connectivity index (χ1) is 9.76. The van der Waals surface area contributed by atoms with Gasteiger partial charge < -0.3 is 14.5 Å². The second-order valence-corrected chi connectivity index (χ2v) is 5.05. The number of ether oxygens (including phenoxy) is 1. The van der Waals surface area contributed by atoms with Crippen molar-refractivity contribution in [3.05, 3.63) is 59.0 Å². The highest BCUT2D eigenvalue weighted by Gasteiger charge is 2.20. The van der Waals surface area contributed by atoms with Gasteiger partial charge in [-0.3, -0.25) is 0 Å². The molecule has 0 aliphatic heterocycles. The van der Waals surface area contributed by atoms with Crippen molar-refractivity contribution >= 4 is 5.97 Å². The first-order valence-corrected chi connectivity index (χ1v) is 6.72. The van der Waals surface area contributed by atoms with Gasteiger partial charge >= 0.3 is 5.97 Å². The van der Waals surface area contributed by atoms with E-state index in [0.717, 1.165) is 18.6 Å². The first kappa shape index (κ1) is 12.9. The monoisotopic (exact) mass is 271 g/mol. The fourth-order valence-corrected chi connectivity index (χ4v) is 2.65. The maximum atomic E-state index is 11.3. The van der Waals surface area contributed by atoms with Crippen LogP contribution in [-0.2, 0) is 24.1 Å². The van der Waals surface area contributed by atoms with Crippen molar-refractivity contribution in [2.75, 3.05) is 7.11 Å². The lowest BCUT2D eigenvalue weighted by atomic mass is 10.1. The maximum absolute atomic E-state index is 11.3. The van der Waals surface area contributed by atoms with Crippen molar-refractivity contribution in [3.63, 3.8) is 0 Å². The third kappa shape index (κ3) is 2.60. The van der Waals surface area contributed by atoms with Gasteiger partial charge in [0.25, 0.3) is 0 Å². The number of methoxy groups -OCH3 is 1. The number of hydrogen-bond acceptors (Lipinski definition) is 4. The zero-order chi connectivity index (χ0) is 13.9. The van der Waals surface area contributed by atoms with Crippen LogP contribution in [0.3, 0.4) is 0 Å². The summed E-state index contributed by atoms with van der Waals surface area (Å²) >= 11 is 0. The van der Waals surface area contributed by atoms with Crippen LogP contribution in [0.2, 0.25) is 0 Å². The number of nitrogens with one attached hydrogen (secondary N) is 1. The minimum atomic E-state index is -0.367.